The minimum Gasteiger partial charge on any atom is -0.444 e. The fourth-order valence-electron chi connectivity index (χ4n) is 3.76. The summed E-state index contributed by atoms with van der Waals surface area (Å²) in [6, 6.07) is 11.2. The number of pyridine rings is 2. The van der Waals surface area contributed by atoms with Crippen LogP contribution in [0.15, 0.2) is 71.7 Å². The Kier molecular flexibility index (Phi) is 5.81. The molecule has 4 heterocycles. The maximum atomic E-state index is 13.2. The van der Waals surface area contributed by atoms with Crippen LogP contribution >= 0.6 is 0 Å². The molecule has 4 aromatic rings. The SMILES string of the molecule is O=C(Nc1cc(-c2cnco2)ccn1)N1CCCNc2ccc(-c3cccc(C(F)(F)F)c3)nc21. The molecule has 8 nitrogen and oxygen atoms in total. The van der Waals surface area contributed by atoms with Gasteiger partial charge in [0.2, 0.25) is 0 Å². The number of halogens is 3. The molecule has 0 unspecified atom stereocenters. The normalized spacial score (nSPS) is 13.5. The summed E-state index contributed by atoms with van der Waals surface area (Å²) >= 11 is 0. The number of nitrogens with one attached hydrogen (secondary N) is 2. The van der Waals surface area contributed by atoms with Gasteiger partial charge in [-0.05, 0) is 42.8 Å². The molecule has 0 saturated heterocycles. The van der Waals surface area contributed by atoms with E-state index < -0.39 is 17.8 Å². The molecule has 0 bridgehead atoms. The second-order valence-corrected chi connectivity index (χ2v) is 7.80. The molecular formula is C24H19F3N6O2. The molecule has 178 valence electrons. The number of aromatic nitrogens is 3. The number of anilines is 3. The Morgan fingerprint density at radius 3 is 2.80 bits per heavy atom. The number of carbonyl (C=O) groups is 1. The summed E-state index contributed by atoms with van der Waals surface area (Å²) in [5, 5.41) is 5.98. The molecule has 2 N–H and O–H groups in total. The Morgan fingerprint density at radius 2 is 2.00 bits per heavy atom. The van der Waals surface area contributed by atoms with Crippen molar-refractivity contribution in [2.75, 3.05) is 28.6 Å². The first kappa shape index (κ1) is 22.4. The molecule has 11 heteroatoms. The van der Waals surface area contributed by atoms with Crippen LogP contribution in [0.4, 0.5) is 35.3 Å². The topological polar surface area (TPSA) is 96.2 Å². The Morgan fingerprint density at radius 1 is 1.11 bits per heavy atom. The van der Waals surface area contributed by atoms with E-state index in [1.807, 2.05) is 0 Å². The molecule has 3 aromatic heterocycles. The van der Waals surface area contributed by atoms with Gasteiger partial charge in [0.25, 0.3) is 0 Å². The number of hydrogen-bond acceptors (Lipinski definition) is 6. The van der Waals surface area contributed by atoms with Crippen LogP contribution in [0, 0.1) is 0 Å². The van der Waals surface area contributed by atoms with Crippen LogP contribution in [0.1, 0.15) is 12.0 Å². The zero-order valence-corrected chi connectivity index (χ0v) is 18.2. The lowest BCUT2D eigenvalue weighted by molar-refractivity contribution is -0.137. The summed E-state index contributed by atoms with van der Waals surface area (Å²) in [5.41, 5.74) is 1.15. The van der Waals surface area contributed by atoms with Crippen LogP contribution in [-0.2, 0) is 6.18 Å². The zero-order valence-electron chi connectivity index (χ0n) is 18.2. The first-order chi connectivity index (χ1) is 16.9. The fraction of sp³-hybridized carbons (Fsp3) is 0.167. The first-order valence-corrected chi connectivity index (χ1v) is 10.7. The molecule has 0 spiro atoms. The van der Waals surface area contributed by atoms with Crippen molar-refractivity contribution in [3.05, 3.63) is 72.9 Å². The second kappa shape index (κ2) is 9.09. The smallest absolute Gasteiger partial charge is 0.416 e. The summed E-state index contributed by atoms with van der Waals surface area (Å²) in [6.45, 7) is 0.966. The predicted molar refractivity (Wildman–Crippen MR) is 124 cm³/mol. The van der Waals surface area contributed by atoms with Gasteiger partial charge in [-0.1, -0.05) is 12.1 Å². The minimum absolute atomic E-state index is 0.300. The molecule has 0 atom stereocenters. The third kappa shape index (κ3) is 4.79. The molecular weight excluding hydrogens is 461 g/mol. The molecule has 5 rings (SSSR count). The minimum atomic E-state index is -4.47. The average Bonchev–Trinajstić information content (AvgIpc) is 3.31. The number of hydrogen-bond donors (Lipinski definition) is 2. The van der Waals surface area contributed by atoms with E-state index in [9.17, 15) is 18.0 Å². The molecule has 0 aliphatic carbocycles. The molecule has 1 aliphatic heterocycles. The van der Waals surface area contributed by atoms with Gasteiger partial charge in [0.1, 0.15) is 5.82 Å². The van der Waals surface area contributed by atoms with E-state index in [0.717, 1.165) is 12.1 Å². The number of urea groups is 1. The van der Waals surface area contributed by atoms with E-state index in [2.05, 4.69) is 25.6 Å². The highest BCUT2D eigenvalue weighted by Crippen LogP contribution is 2.34. The largest absolute Gasteiger partial charge is 0.444 e. The highest BCUT2D eigenvalue weighted by Gasteiger charge is 2.31. The van der Waals surface area contributed by atoms with Crippen molar-refractivity contribution in [3.8, 4) is 22.6 Å². The van der Waals surface area contributed by atoms with Crippen LogP contribution in [0.25, 0.3) is 22.6 Å². The van der Waals surface area contributed by atoms with Gasteiger partial charge in [0.15, 0.2) is 18.0 Å². The van der Waals surface area contributed by atoms with E-state index in [4.69, 9.17) is 4.42 Å². The van der Waals surface area contributed by atoms with E-state index in [1.54, 1.807) is 36.5 Å². The Balaban J connectivity index is 1.45. The van der Waals surface area contributed by atoms with E-state index in [-0.39, 0.29) is 0 Å². The third-order valence-electron chi connectivity index (χ3n) is 5.45. The Labute approximate surface area is 197 Å². The van der Waals surface area contributed by atoms with Gasteiger partial charge in [-0.3, -0.25) is 10.2 Å². The van der Waals surface area contributed by atoms with Crippen molar-refractivity contribution in [2.24, 2.45) is 0 Å². The van der Waals surface area contributed by atoms with Gasteiger partial charge in [-0.15, -0.1) is 0 Å². The number of benzene rings is 1. The van der Waals surface area contributed by atoms with Crippen molar-refractivity contribution < 1.29 is 22.4 Å². The number of carbonyl (C=O) groups excluding carboxylic acids is 1. The Bertz CT molecular complexity index is 1360. The number of alkyl halides is 3. The number of amides is 2. The molecule has 0 saturated carbocycles. The second-order valence-electron chi connectivity index (χ2n) is 7.80. The maximum Gasteiger partial charge on any atom is 0.416 e. The summed E-state index contributed by atoms with van der Waals surface area (Å²) in [7, 11) is 0. The maximum absolute atomic E-state index is 13.2. The highest BCUT2D eigenvalue weighted by molar-refractivity contribution is 6.03. The Hall–Kier alpha value is -4.41. The monoisotopic (exact) mass is 480 g/mol. The molecule has 0 radical (unpaired) electrons. The zero-order chi connectivity index (χ0) is 24.4. The average molecular weight is 480 g/mol. The van der Waals surface area contributed by atoms with Gasteiger partial charge in [-0.2, -0.15) is 13.2 Å². The summed E-state index contributed by atoms with van der Waals surface area (Å²) < 4.78 is 44.9. The van der Waals surface area contributed by atoms with Gasteiger partial charge >= 0.3 is 12.2 Å². The molecule has 0 fully saturated rings. The van der Waals surface area contributed by atoms with Gasteiger partial charge in [0.05, 0.1) is 23.1 Å². The van der Waals surface area contributed by atoms with Gasteiger partial charge < -0.3 is 9.73 Å². The van der Waals surface area contributed by atoms with Gasteiger partial charge in [-0.25, -0.2) is 19.7 Å². The highest BCUT2D eigenvalue weighted by atomic mass is 19.4. The molecule has 2 amide bonds. The van der Waals surface area contributed by atoms with Crippen molar-refractivity contribution in [2.45, 2.75) is 12.6 Å². The van der Waals surface area contributed by atoms with Crippen molar-refractivity contribution in [1.82, 2.24) is 15.0 Å². The van der Waals surface area contributed by atoms with Crippen LogP contribution in [0.3, 0.4) is 0 Å². The predicted octanol–water partition coefficient (Wildman–Crippen LogP) is 5.67. The molecule has 1 aromatic carbocycles. The lowest BCUT2D eigenvalue weighted by atomic mass is 10.1. The van der Waals surface area contributed by atoms with Crippen LogP contribution in [0.5, 0.6) is 0 Å². The van der Waals surface area contributed by atoms with Crippen molar-refractivity contribution in [3.63, 3.8) is 0 Å². The number of oxazole rings is 1. The third-order valence-corrected chi connectivity index (χ3v) is 5.45. The number of fused-ring (bicyclic) bond motifs is 1. The first-order valence-electron chi connectivity index (χ1n) is 10.7. The van der Waals surface area contributed by atoms with Gasteiger partial charge in [0, 0.05) is 30.4 Å². The summed E-state index contributed by atoms with van der Waals surface area (Å²) in [5.74, 6) is 1.15. The van der Waals surface area contributed by atoms with Crippen molar-refractivity contribution in [1.29, 1.82) is 0 Å². The molecule has 35 heavy (non-hydrogen) atoms. The van der Waals surface area contributed by atoms with E-state index in [1.165, 1.54) is 23.6 Å². The van der Waals surface area contributed by atoms with E-state index >= 15 is 0 Å². The lowest BCUT2D eigenvalue weighted by Gasteiger charge is -2.22. The van der Waals surface area contributed by atoms with Crippen LogP contribution in [-0.4, -0.2) is 34.1 Å². The number of nitrogens with zero attached hydrogens (tertiary/aromatic N) is 4. The molecule has 1 aliphatic rings. The lowest BCUT2D eigenvalue weighted by Crippen LogP contribution is -2.36. The van der Waals surface area contributed by atoms with E-state index in [0.29, 0.717) is 59.4 Å². The number of rotatable bonds is 3. The van der Waals surface area contributed by atoms with Crippen molar-refractivity contribution >= 4 is 23.4 Å². The summed E-state index contributed by atoms with van der Waals surface area (Å²) in [4.78, 5) is 27.3. The summed E-state index contributed by atoms with van der Waals surface area (Å²) in [6.07, 6.45) is 0.575. The quantitative estimate of drug-likeness (QED) is 0.392. The van der Waals surface area contributed by atoms with Crippen LogP contribution < -0.4 is 15.5 Å². The van der Waals surface area contributed by atoms with Crippen LogP contribution in [0.2, 0.25) is 0 Å². The standard InChI is InChI=1S/C24H19F3N6O2/c25-24(26,27)17-4-1-3-15(11-17)18-5-6-19-22(31-18)33(10-2-8-29-19)23(34)32-21-12-16(7-9-30-21)20-13-28-14-35-20/h1,3-7,9,11-14,29H,2,8,10H2,(H,30,32,34). The fourth-order valence-corrected chi connectivity index (χ4v) is 3.76.